The zero-order valence-corrected chi connectivity index (χ0v) is 12.2. The Labute approximate surface area is 119 Å². The second kappa shape index (κ2) is 6.61. The molecule has 0 aromatic heterocycles. The zero-order valence-electron chi connectivity index (χ0n) is 12.2. The lowest BCUT2D eigenvalue weighted by molar-refractivity contribution is -0.114. The highest BCUT2D eigenvalue weighted by molar-refractivity contribution is 5.90. The van der Waals surface area contributed by atoms with Crippen LogP contribution in [0.2, 0.25) is 0 Å². The predicted octanol–water partition coefficient (Wildman–Crippen LogP) is 2.63. The molecule has 1 fully saturated rings. The third-order valence-corrected chi connectivity index (χ3v) is 3.37. The van der Waals surface area contributed by atoms with Gasteiger partial charge in [-0.15, -0.1) is 0 Å². The van der Waals surface area contributed by atoms with Crippen molar-refractivity contribution in [2.24, 2.45) is 0 Å². The normalized spacial score (nSPS) is 22.1. The largest absolute Gasteiger partial charge is 0.494 e. The Morgan fingerprint density at radius 2 is 2.25 bits per heavy atom. The van der Waals surface area contributed by atoms with Crippen LogP contribution in [0.3, 0.4) is 0 Å². The molecule has 2 unspecified atom stereocenters. The molecule has 2 rings (SSSR count). The lowest BCUT2D eigenvalue weighted by Crippen LogP contribution is -2.32. The van der Waals surface area contributed by atoms with E-state index in [1.165, 1.54) is 6.92 Å². The van der Waals surface area contributed by atoms with Crippen LogP contribution in [-0.2, 0) is 9.53 Å². The molecule has 2 atom stereocenters. The molecule has 5 nitrogen and oxygen atoms in total. The van der Waals surface area contributed by atoms with Gasteiger partial charge in [-0.05, 0) is 31.9 Å². The monoisotopic (exact) mass is 278 g/mol. The predicted molar refractivity (Wildman–Crippen MR) is 79.4 cm³/mol. The Bertz CT molecular complexity index is 476. The molecule has 1 aromatic rings. The molecule has 20 heavy (non-hydrogen) atoms. The van der Waals surface area contributed by atoms with Crippen molar-refractivity contribution in [1.82, 2.24) is 0 Å². The SMILES string of the molecule is COc1cc(NC2CCOC(C)C2)ccc1NC(C)=O. The Hall–Kier alpha value is -1.75. The molecular formula is C15H22N2O3. The van der Waals surface area contributed by atoms with Gasteiger partial charge in [0, 0.05) is 31.3 Å². The highest BCUT2D eigenvalue weighted by Gasteiger charge is 2.19. The fraction of sp³-hybridized carbons (Fsp3) is 0.533. The minimum Gasteiger partial charge on any atom is -0.494 e. The van der Waals surface area contributed by atoms with Crippen molar-refractivity contribution in [3.05, 3.63) is 18.2 Å². The number of nitrogens with one attached hydrogen (secondary N) is 2. The molecule has 1 aliphatic rings. The number of carbonyl (C=O) groups excluding carboxylic acids is 1. The van der Waals surface area contributed by atoms with Gasteiger partial charge in [-0.3, -0.25) is 4.79 Å². The fourth-order valence-corrected chi connectivity index (χ4v) is 2.44. The van der Waals surface area contributed by atoms with E-state index in [0.29, 0.717) is 23.6 Å². The van der Waals surface area contributed by atoms with Crippen molar-refractivity contribution in [2.45, 2.75) is 38.8 Å². The molecule has 1 aromatic carbocycles. The quantitative estimate of drug-likeness (QED) is 0.889. The molecule has 2 N–H and O–H groups in total. The smallest absolute Gasteiger partial charge is 0.221 e. The number of carbonyl (C=O) groups is 1. The van der Waals surface area contributed by atoms with Gasteiger partial charge < -0.3 is 20.1 Å². The van der Waals surface area contributed by atoms with Gasteiger partial charge in [0.2, 0.25) is 5.91 Å². The summed E-state index contributed by atoms with van der Waals surface area (Å²) in [5.41, 5.74) is 1.68. The Morgan fingerprint density at radius 1 is 1.45 bits per heavy atom. The topological polar surface area (TPSA) is 59.6 Å². The number of hydrogen-bond donors (Lipinski definition) is 2. The molecule has 110 valence electrons. The lowest BCUT2D eigenvalue weighted by Gasteiger charge is -2.29. The van der Waals surface area contributed by atoms with Crippen LogP contribution in [0.5, 0.6) is 5.75 Å². The number of hydrogen-bond acceptors (Lipinski definition) is 4. The molecule has 1 amide bonds. The van der Waals surface area contributed by atoms with Crippen molar-refractivity contribution in [3.8, 4) is 5.75 Å². The molecule has 0 radical (unpaired) electrons. The van der Waals surface area contributed by atoms with Gasteiger partial charge >= 0.3 is 0 Å². The van der Waals surface area contributed by atoms with Crippen LogP contribution in [0.15, 0.2) is 18.2 Å². The second-order valence-corrected chi connectivity index (χ2v) is 5.14. The van der Waals surface area contributed by atoms with Gasteiger partial charge in [0.25, 0.3) is 0 Å². The van der Waals surface area contributed by atoms with Gasteiger partial charge in [0.05, 0.1) is 18.9 Å². The van der Waals surface area contributed by atoms with Crippen LogP contribution in [-0.4, -0.2) is 31.8 Å². The van der Waals surface area contributed by atoms with Crippen LogP contribution in [0, 0.1) is 0 Å². The van der Waals surface area contributed by atoms with Gasteiger partial charge in [0.1, 0.15) is 5.75 Å². The number of methoxy groups -OCH3 is 1. The molecule has 5 heteroatoms. The van der Waals surface area contributed by atoms with Crippen LogP contribution in [0.1, 0.15) is 26.7 Å². The summed E-state index contributed by atoms with van der Waals surface area (Å²) in [6, 6.07) is 6.13. The van der Waals surface area contributed by atoms with E-state index < -0.39 is 0 Å². The van der Waals surface area contributed by atoms with E-state index in [9.17, 15) is 4.79 Å². The Morgan fingerprint density at radius 3 is 2.90 bits per heavy atom. The highest BCUT2D eigenvalue weighted by Crippen LogP contribution is 2.29. The summed E-state index contributed by atoms with van der Waals surface area (Å²) in [6.07, 6.45) is 2.29. The zero-order chi connectivity index (χ0) is 14.5. The van der Waals surface area contributed by atoms with Gasteiger partial charge in [-0.25, -0.2) is 0 Å². The summed E-state index contributed by atoms with van der Waals surface area (Å²) in [6.45, 7) is 4.36. The fourth-order valence-electron chi connectivity index (χ4n) is 2.44. The molecule has 1 heterocycles. The Balaban J connectivity index is 2.07. The maximum absolute atomic E-state index is 11.1. The van der Waals surface area contributed by atoms with E-state index >= 15 is 0 Å². The summed E-state index contributed by atoms with van der Waals surface area (Å²) < 4.78 is 10.9. The van der Waals surface area contributed by atoms with E-state index in [1.807, 2.05) is 18.2 Å². The van der Waals surface area contributed by atoms with Crippen LogP contribution in [0.25, 0.3) is 0 Å². The highest BCUT2D eigenvalue weighted by atomic mass is 16.5. The van der Waals surface area contributed by atoms with Crippen molar-refractivity contribution in [2.75, 3.05) is 24.4 Å². The van der Waals surface area contributed by atoms with E-state index in [0.717, 1.165) is 25.1 Å². The van der Waals surface area contributed by atoms with E-state index in [1.54, 1.807) is 7.11 Å². The first-order valence-electron chi connectivity index (χ1n) is 6.92. The number of rotatable bonds is 4. The third kappa shape index (κ3) is 3.87. The van der Waals surface area contributed by atoms with Gasteiger partial charge in [-0.1, -0.05) is 0 Å². The first-order valence-corrected chi connectivity index (χ1v) is 6.92. The molecular weight excluding hydrogens is 256 g/mol. The number of amides is 1. The minimum atomic E-state index is -0.109. The van der Waals surface area contributed by atoms with Crippen LogP contribution >= 0.6 is 0 Å². The average Bonchev–Trinajstić information content (AvgIpc) is 2.40. The van der Waals surface area contributed by atoms with Gasteiger partial charge in [-0.2, -0.15) is 0 Å². The van der Waals surface area contributed by atoms with Crippen LogP contribution in [0.4, 0.5) is 11.4 Å². The summed E-state index contributed by atoms with van der Waals surface area (Å²) in [5, 5.41) is 6.24. The standard InChI is InChI=1S/C15H22N2O3/c1-10-8-13(6-7-20-10)17-12-4-5-14(16-11(2)18)15(9-12)19-3/h4-5,9-10,13,17H,6-8H2,1-3H3,(H,16,18). The maximum atomic E-state index is 11.1. The molecule has 1 saturated heterocycles. The Kier molecular flexibility index (Phi) is 4.84. The summed E-state index contributed by atoms with van der Waals surface area (Å²) in [5.74, 6) is 0.549. The van der Waals surface area contributed by atoms with Crippen molar-refractivity contribution in [1.29, 1.82) is 0 Å². The summed E-state index contributed by atoms with van der Waals surface area (Å²) in [7, 11) is 1.60. The third-order valence-electron chi connectivity index (χ3n) is 3.37. The number of benzene rings is 1. The van der Waals surface area contributed by atoms with Crippen molar-refractivity contribution in [3.63, 3.8) is 0 Å². The molecule has 0 saturated carbocycles. The lowest BCUT2D eigenvalue weighted by atomic mass is 10.0. The van der Waals surface area contributed by atoms with E-state index in [2.05, 4.69) is 17.6 Å². The van der Waals surface area contributed by atoms with Crippen molar-refractivity contribution >= 4 is 17.3 Å². The maximum Gasteiger partial charge on any atom is 0.221 e. The minimum absolute atomic E-state index is 0.109. The molecule has 0 aliphatic carbocycles. The molecule has 1 aliphatic heterocycles. The van der Waals surface area contributed by atoms with E-state index in [4.69, 9.17) is 9.47 Å². The second-order valence-electron chi connectivity index (χ2n) is 5.14. The van der Waals surface area contributed by atoms with Crippen LogP contribution < -0.4 is 15.4 Å². The van der Waals surface area contributed by atoms with Gasteiger partial charge in [0.15, 0.2) is 0 Å². The summed E-state index contributed by atoms with van der Waals surface area (Å²) in [4.78, 5) is 11.1. The molecule has 0 bridgehead atoms. The number of ether oxygens (including phenoxy) is 2. The summed E-state index contributed by atoms with van der Waals surface area (Å²) >= 11 is 0. The molecule has 0 spiro atoms. The average molecular weight is 278 g/mol. The first-order chi connectivity index (χ1) is 9.58. The number of anilines is 2. The first kappa shape index (κ1) is 14.7. The van der Waals surface area contributed by atoms with E-state index in [-0.39, 0.29) is 5.91 Å². The van der Waals surface area contributed by atoms with Crippen molar-refractivity contribution < 1.29 is 14.3 Å².